The van der Waals surface area contributed by atoms with Crippen LogP contribution in [0.1, 0.15) is 45.4 Å². The Bertz CT molecular complexity index is 937. The lowest BCUT2D eigenvalue weighted by molar-refractivity contribution is 0.0600. The van der Waals surface area contributed by atoms with Crippen molar-refractivity contribution in [2.45, 2.75) is 25.3 Å². The summed E-state index contributed by atoms with van der Waals surface area (Å²) in [5.74, 6) is 1.29. The molecule has 2 aromatic rings. The number of carbonyl (C=O) groups is 1. The van der Waals surface area contributed by atoms with Gasteiger partial charge in [-0.05, 0) is 54.7 Å². The van der Waals surface area contributed by atoms with Crippen LogP contribution in [0.4, 0.5) is 5.69 Å². The normalized spacial score (nSPS) is 22.6. The van der Waals surface area contributed by atoms with Crippen molar-refractivity contribution < 1.29 is 14.3 Å². The minimum atomic E-state index is -0.308. The molecule has 2 aliphatic rings. The van der Waals surface area contributed by atoms with Crippen LogP contribution in [0, 0.1) is 12.8 Å². The summed E-state index contributed by atoms with van der Waals surface area (Å²) >= 11 is 3.59. The van der Waals surface area contributed by atoms with Crippen LogP contribution in [-0.2, 0) is 4.74 Å². The molecule has 0 amide bonds. The molecule has 0 spiro atoms. The lowest BCUT2D eigenvalue weighted by Gasteiger charge is -2.39. The summed E-state index contributed by atoms with van der Waals surface area (Å²) in [6, 6.07) is 10.1. The highest BCUT2D eigenvalue weighted by molar-refractivity contribution is 9.10. The highest BCUT2D eigenvalue weighted by atomic mass is 79.9. The number of rotatable bonds is 3. The van der Waals surface area contributed by atoms with Gasteiger partial charge in [0.05, 0.1) is 25.8 Å². The molecule has 3 atom stereocenters. The number of hydrogen-bond acceptors (Lipinski definition) is 4. The summed E-state index contributed by atoms with van der Waals surface area (Å²) in [5.41, 5.74) is 4.92. The third-order valence-electron chi connectivity index (χ3n) is 5.73. The zero-order chi connectivity index (χ0) is 19.1. The van der Waals surface area contributed by atoms with Gasteiger partial charge in [0, 0.05) is 21.6 Å². The van der Waals surface area contributed by atoms with Crippen LogP contribution in [0.2, 0.25) is 0 Å². The number of allylic oxidation sites excluding steroid dienone is 2. The number of nitrogens with one attached hydrogen (secondary N) is 1. The van der Waals surface area contributed by atoms with E-state index in [4.69, 9.17) is 9.47 Å². The molecule has 1 aliphatic carbocycles. The van der Waals surface area contributed by atoms with Crippen molar-refractivity contribution >= 4 is 27.6 Å². The van der Waals surface area contributed by atoms with Crippen LogP contribution >= 0.6 is 15.9 Å². The quantitative estimate of drug-likeness (QED) is 0.527. The molecular formula is C22H22BrNO3. The van der Waals surface area contributed by atoms with E-state index < -0.39 is 0 Å². The van der Waals surface area contributed by atoms with Crippen LogP contribution in [0.3, 0.4) is 0 Å². The van der Waals surface area contributed by atoms with E-state index in [-0.39, 0.29) is 12.0 Å². The second-order valence-electron chi connectivity index (χ2n) is 7.06. The number of halogens is 1. The highest BCUT2D eigenvalue weighted by Crippen LogP contribution is 2.52. The van der Waals surface area contributed by atoms with Crippen molar-refractivity contribution in [2.24, 2.45) is 5.92 Å². The molecule has 0 saturated heterocycles. The molecule has 4 nitrogen and oxygen atoms in total. The number of anilines is 1. The van der Waals surface area contributed by atoms with Crippen molar-refractivity contribution in [1.82, 2.24) is 0 Å². The first-order valence-corrected chi connectivity index (χ1v) is 9.83. The average Bonchev–Trinajstić information content (AvgIpc) is 3.17. The van der Waals surface area contributed by atoms with Gasteiger partial charge in [0.15, 0.2) is 0 Å². The fraction of sp³-hybridized carbons (Fsp3) is 0.318. The van der Waals surface area contributed by atoms with Gasteiger partial charge in [-0.2, -0.15) is 0 Å². The van der Waals surface area contributed by atoms with Crippen LogP contribution in [0.5, 0.6) is 5.75 Å². The van der Waals surface area contributed by atoms with Crippen LogP contribution in [0.15, 0.2) is 47.0 Å². The van der Waals surface area contributed by atoms with Crippen molar-refractivity contribution in [3.63, 3.8) is 0 Å². The van der Waals surface area contributed by atoms with Crippen LogP contribution in [-0.4, -0.2) is 20.2 Å². The lowest BCUT2D eigenvalue weighted by atomic mass is 9.75. The number of benzene rings is 2. The van der Waals surface area contributed by atoms with Gasteiger partial charge in [0.25, 0.3) is 0 Å². The lowest BCUT2D eigenvalue weighted by Crippen LogP contribution is -2.30. The number of fused-ring (bicyclic) bond motifs is 3. The minimum absolute atomic E-state index is 0.0940. The Hall–Kier alpha value is -2.27. The van der Waals surface area contributed by atoms with E-state index in [0.717, 1.165) is 33.5 Å². The topological polar surface area (TPSA) is 47.6 Å². The Labute approximate surface area is 167 Å². The molecule has 2 aromatic carbocycles. The Morgan fingerprint density at radius 3 is 2.74 bits per heavy atom. The summed E-state index contributed by atoms with van der Waals surface area (Å²) in [6.45, 7) is 1.98. The SMILES string of the molecule is COC(=O)c1ccc2c(c1C)N[C@H](c1cc(Br)ccc1OC)C1CC=CC21. The molecule has 5 heteroatoms. The molecule has 0 radical (unpaired) electrons. The van der Waals surface area contributed by atoms with E-state index in [1.54, 1.807) is 7.11 Å². The van der Waals surface area contributed by atoms with Gasteiger partial charge in [-0.15, -0.1) is 0 Å². The highest BCUT2D eigenvalue weighted by Gasteiger charge is 2.40. The van der Waals surface area contributed by atoms with E-state index in [1.807, 2.05) is 25.1 Å². The Morgan fingerprint density at radius 1 is 1.19 bits per heavy atom. The molecule has 27 heavy (non-hydrogen) atoms. The zero-order valence-electron chi connectivity index (χ0n) is 15.6. The van der Waals surface area contributed by atoms with Crippen LogP contribution in [0.25, 0.3) is 0 Å². The van der Waals surface area contributed by atoms with E-state index in [0.29, 0.717) is 17.4 Å². The first-order valence-electron chi connectivity index (χ1n) is 9.03. The molecule has 0 saturated carbocycles. The molecule has 1 heterocycles. The monoisotopic (exact) mass is 427 g/mol. The molecular weight excluding hydrogens is 406 g/mol. The summed E-state index contributed by atoms with van der Waals surface area (Å²) in [4.78, 5) is 12.2. The average molecular weight is 428 g/mol. The Morgan fingerprint density at radius 2 is 2.00 bits per heavy atom. The largest absolute Gasteiger partial charge is 0.496 e. The van der Waals surface area contributed by atoms with E-state index in [9.17, 15) is 4.79 Å². The third kappa shape index (κ3) is 2.94. The van der Waals surface area contributed by atoms with Crippen molar-refractivity contribution in [3.05, 3.63) is 69.2 Å². The summed E-state index contributed by atoms with van der Waals surface area (Å²) in [7, 11) is 3.12. The summed E-state index contributed by atoms with van der Waals surface area (Å²) in [5, 5.41) is 3.73. The second-order valence-corrected chi connectivity index (χ2v) is 7.97. The van der Waals surface area contributed by atoms with Gasteiger partial charge in [-0.3, -0.25) is 0 Å². The van der Waals surface area contributed by atoms with E-state index in [1.165, 1.54) is 12.7 Å². The first kappa shape index (κ1) is 18.1. The van der Waals surface area contributed by atoms with Gasteiger partial charge in [-0.1, -0.05) is 34.1 Å². The van der Waals surface area contributed by atoms with Gasteiger partial charge in [0.2, 0.25) is 0 Å². The Balaban J connectivity index is 1.85. The van der Waals surface area contributed by atoms with Crippen molar-refractivity contribution in [3.8, 4) is 5.75 Å². The first-order chi connectivity index (χ1) is 13.0. The number of esters is 1. The molecule has 4 rings (SSSR count). The molecule has 1 N–H and O–H groups in total. The predicted molar refractivity (Wildman–Crippen MR) is 110 cm³/mol. The molecule has 140 valence electrons. The fourth-order valence-corrected chi connectivity index (χ4v) is 4.78. The molecule has 0 aromatic heterocycles. The number of ether oxygens (including phenoxy) is 2. The van der Waals surface area contributed by atoms with Gasteiger partial charge in [0.1, 0.15) is 5.75 Å². The molecule has 0 bridgehead atoms. The summed E-state index contributed by atoms with van der Waals surface area (Å²) in [6.07, 6.45) is 5.56. The van der Waals surface area contributed by atoms with Gasteiger partial charge in [-0.25, -0.2) is 4.79 Å². The number of hydrogen-bond donors (Lipinski definition) is 1. The second kappa shape index (κ2) is 7.04. The zero-order valence-corrected chi connectivity index (χ0v) is 17.2. The van der Waals surface area contributed by atoms with Gasteiger partial charge >= 0.3 is 5.97 Å². The number of carbonyl (C=O) groups excluding carboxylic acids is 1. The molecule has 2 unspecified atom stereocenters. The third-order valence-corrected chi connectivity index (χ3v) is 6.22. The van der Waals surface area contributed by atoms with Crippen molar-refractivity contribution in [1.29, 1.82) is 0 Å². The molecule has 0 fully saturated rings. The van der Waals surface area contributed by atoms with Gasteiger partial charge < -0.3 is 14.8 Å². The number of methoxy groups -OCH3 is 2. The van der Waals surface area contributed by atoms with E-state index in [2.05, 4.69) is 45.5 Å². The maximum Gasteiger partial charge on any atom is 0.338 e. The predicted octanol–water partition coefficient (Wildman–Crippen LogP) is 5.38. The van der Waals surface area contributed by atoms with Crippen LogP contribution < -0.4 is 10.1 Å². The molecule has 1 aliphatic heterocycles. The summed E-state index contributed by atoms with van der Waals surface area (Å²) < 4.78 is 11.6. The smallest absolute Gasteiger partial charge is 0.338 e. The van der Waals surface area contributed by atoms with Crippen molar-refractivity contribution in [2.75, 3.05) is 19.5 Å². The minimum Gasteiger partial charge on any atom is -0.496 e. The standard InChI is InChI=1S/C22H22BrNO3/c1-12-14(22(25)27-3)8-9-17-15-5-4-6-16(15)21(24-20(12)17)18-11-13(23)7-10-19(18)26-2/h4-5,7-11,15-16,21,24H,6H2,1-3H3/t15?,16?,21-/m0/s1. The maximum atomic E-state index is 12.2. The fourth-order valence-electron chi connectivity index (χ4n) is 4.40. The Kier molecular flexibility index (Phi) is 4.72. The maximum absolute atomic E-state index is 12.2. The van der Waals surface area contributed by atoms with E-state index >= 15 is 0 Å².